The van der Waals surface area contributed by atoms with Crippen molar-refractivity contribution >= 4 is 29.8 Å². The molecule has 0 fully saturated rings. The van der Waals surface area contributed by atoms with Crippen molar-refractivity contribution < 1.29 is 13.9 Å². The van der Waals surface area contributed by atoms with Crippen LogP contribution in [0, 0.1) is 0 Å². The normalized spacial score (nSPS) is 11.1. The van der Waals surface area contributed by atoms with Gasteiger partial charge in [-0.1, -0.05) is 11.6 Å². The standard InChI is InChI=1S/C15H13ClN2O3/c16-12-5-7-14(8-6-12)21-11-15(19)18-17-9-1-3-13-4-2-10-20-13/h1-10H,11H2,(H,18,19)/b3-1+,17-9+. The van der Waals surface area contributed by atoms with Crippen molar-refractivity contribution in [2.24, 2.45) is 5.10 Å². The summed E-state index contributed by atoms with van der Waals surface area (Å²) in [5.41, 5.74) is 2.34. The van der Waals surface area contributed by atoms with Gasteiger partial charge in [-0.15, -0.1) is 0 Å². The van der Waals surface area contributed by atoms with Crippen LogP contribution in [-0.4, -0.2) is 18.7 Å². The van der Waals surface area contributed by atoms with Crippen molar-refractivity contribution in [1.29, 1.82) is 0 Å². The molecule has 6 heteroatoms. The molecule has 21 heavy (non-hydrogen) atoms. The lowest BCUT2D eigenvalue weighted by Gasteiger charge is -2.04. The van der Waals surface area contributed by atoms with Crippen molar-refractivity contribution in [2.45, 2.75) is 0 Å². The van der Waals surface area contributed by atoms with E-state index in [4.69, 9.17) is 20.8 Å². The summed E-state index contributed by atoms with van der Waals surface area (Å²) < 4.78 is 10.4. The first-order valence-electron chi connectivity index (χ1n) is 6.14. The van der Waals surface area contributed by atoms with Crippen LogP contribution in [0.15, 0.2) is 58.3 Å². The number of nitrogens with zero attached hydrogens (tertiary/aromatic N) is 1. The predicted molar refractivity (Wildman–Crippen MR) is 81.3 cm³/mol. The van der Waals surface area contributed by atoms with Crippen LogP contribution in [0.4, 0.5) is 0 Å². The van der Waals surface area contributed by atoms with Crippen LogP contribution in [0.5, 0.6) is 5.75 Å². The number of halogens is 1. The van der Waals surface area contributed by atoms with Crippen LogP contribution in [0.2, 0.25) is 5.02 Å². The number of hydrazone groups is 1. The molecule has 0 spiro atoms. The van der Waals surface area contributed by atoms with Gasteiger partial charge in [0.15, 0.2) is 6.61 Å². The third-order valence-corrected chi connectivity index (χ3v) is 2.59. The molecule has 0 saturated carbocycles. The van der Waals surface area contributed by atoms with Gasteiger partial charge in [-0.05, 0) is 48.6 Å². The molecule has 1 N–H and O–H groups in total. The lowest BCUT2D eigenvalue weighted by molar-refractivity contribution is -0.123. The maximum atomic E-state index is 11.5. The van der Waals surface area contributed by atoms with E-state index in [9.17, 15) is 4.79 Å². The molecule has 108 valence electrons. The Balaban J connectivity index is 1.68. The van der Waals surface area contributed by atoms with Crippen LogP contribution in [0.25, 0.3) is 6.08 Å². The molecule has 0 atom stereocenters. The maximum Gasteiger partial charge on any atom is 0.277 e. The van der Waals surface area contributed by atoms with Gasteiger partial charge in [-0.2, -0.15) is 5.10 Å². The molecule has 0 bridgehead atoms. The average Bonchev–Trinajstić information content (AvgIpc) is 2.99. The first kappa shape index (κ1) is 14.9. The molecule has 1 aromatic heterocycles. The summed E-state index contributed by atoms with van der Waals surface area (Å²) >= 11 is 5.74. The number of amides is 1. The fraction of sp³-hybridized carbons (Fsp3) is 0.0667. The van der Waals surface area contributed by atoms with E-state index in [2.05, 4.69) is 10.5 Å². The van der Waals surface area contributed by atoms with E-state index in [1.165, 1.54) is 6.21 Å². The monoisotopic (exact) mass is 304 g/mol. The molecule has 0 radical (unpaired) electrons. The molecule has 1 aromatic carbocycles. The third kappa shape index (κ3) is 5.54. The van der Waals surface area contributed by atoms with Crippen LogP contribution in [0.1, 0.15) is 5.76 Å². The van der Waals surface area contributed by atoms with Crippen molar-refractivity contribution in [2.75, 3.05) is 6.61 Å². The zero-order valence-electron chi connectivity index (χ0n) is 11.0. The summed E-state index contributed by atoms with van der Waals surface area (Å²) in [5, 5.41) is 4.35. The summed E-state index contributed by atoms with van der Waals surface area (Å²) in [6.07, 6.45) is 6.40. The first-order chi connectivity index (χ1) is 10.2. The van der Waals surface area contributed by atoms with Gasteiger partial charge in [-0.25, -0.2) is 5.43 Å². The lowest BCUT2D eigenvalue weighted by atomic mass is 10.3. The number of nitrogens with one attached hydrogen (secondary N) is 1. The highest BCUT2D eigenvalue weighted by molar-refractivity contribution is 6.30. The number of ether oxygens (including phenoxy) is 1. The smallest absolute Gasteiger partial charge is 0.277 e. The summed E-state index contributed by atoms with van der Waals surface area (Å²) in [4.78, 5) is 11.5. The lowest BCUT2D eigenvalue weighted by Crippen LogP contribution is -2.24. The van der Waals surface area contributed by atoms with E-state index in [1.807, 2.05) is 6.07 Å². The molecule has 0 aliphatic heterocycles. The van der Waals surface area contributed by atoms with Crippen molar-refractivity contribution in [3.05, 3.63) is 59.5 Å². The summed E-state index contributed by atoms with van der Waals surface area (Å²) in [6, 6.07) is 10.3. The third-order valence-electron chi connectivity index (χ3n) is 2.34. The molecule has 5 nitrogen and oxygen atoms in total. The van der Waals surface area contributed by atoms with Crippen LogP contribution >= 0.6 is 11.6 Å². The number of rotatable bonds is 6. The highest BCUT2D eigenvalue weighted by Gasteiger charge is 2.00. The molecule has 0 unspecified atom stereocenters. The largest absolute Gasteiger partial charge is 0.484 e. The van der Waals surface area contributed by atoms with Gasteiger partial charge in [0.1, 0.15) is 11.5 Å². The van der Waals surface area contributed by atoms with E-state index in [-0.39, 0.29) is 12.5 Å². The highest BCUT2D eigenvalue weighted by atomic mass is 35.5. The Bertz CT molecular complexity index is 619. The van der Waals surface area contributed by atoms with Gasteiger partial charge < -0.3 is 9.15 Å². The van der Waals surface area contributed by atoms with E-state index >= 15 is 0 Å². The second-order valence-corrected chi connectivity index (χ2v) is 4.37. The molecule has 0 aliphatic rings. The first-order valence-corrected chi connectivity index (χ1v) is 6.52. The molecule has 0 aliphatic carbocycles. The van der Waals surface area contributed by atoms with Gasteiger partial charge in [0.2, 0.25) is 0 Å². The molecule has 1 heterocycles. The molecule has 2 aromatic rings. The molecule has 2 rings (SSSR count). The van der Waals surface area contributed by atoms with E-state index in [0.29, 0.717) is 16.5 Å². The summed E-state index contributed by atoms with van der Waals surface area (Å²) in [5.74, 6) is 0.919. The second-order valence-electron chi connectivity index (χ2n) is 3.93. The summed E-state index contributed by atoms with van der Waals surface area (Å²) in [7, 11) is 0. The van der Waals surface area contributed by atoms with Gasteiger partial charge in [0, 0.05) is 11.2 Å². The van der Waals surface area contributed by atoms with Gasteiger partial charge >= 0.3 is 0 Å². The SMILES string of the molecule is O=C(COc1ccc(Cl)cc1)N/N=C/C=C/c1ccco1. The Hall–Kier alpha value is -2.53. The Morgan fingerprint density at radius 3 is 2.86 bits per heavy atom. The fourth-order valence-corrected chi connectivity index (χ4v) is 1.51. The number of carbonyl (C=O) groups is 1. The van der Waals surface area contributed by atoms with Crippen LogP contribution in [-0.2, 0) is 4.79 Å². The Morgan fingerprint density at radius 1 is 1.33 bits per heavy atom. The zero-order valence-corrected chi connectivity index (χ0v) is 11.8. The number of allylic oxidation sites excluding steroid dienone is 1. The minimum Gasteiger partial charge on any atom is -0.484 e. The van der Waals surface area contributed by atoms with E-state index in [0.717, 1.165) is 0 Å². The minimum atomic E-state index is -0.354. The Labute approximate surface area is 126 Å². The topological polar surface area (TPSA) is 63.8 Å². The average molecular weight is 305 g/mol. The van der Waals surface area contributed by atoms with Crippen molar-refractivity contribution in [1.82, 2.24) is 5.43 Å². The van der Waals surface area contributed by atoms with Crippen molar-refractivity contribution in [3.8, 4) is 5.75 Å². The minimum absolute atomic E-state index is 0.124. The van der Waals surface area contributed by atoms with Gasteiger partial charge in [0.05, 0.1) is 6.26 Å². The quantitative estimate of drug-likeness (QED) is 0.658. The Morgan fingerprint density at radius 2 is 2.14 bits per heavy atom. The molecule has 0 saturated heterocycles. The van der Waals surface area contributed by atoms with Gasteiger partial charge in [-0.3, -0.25) is 4.79 Å². The fourth-order valence-electron chi connectivity index (χ4n) is 1.39. The van der Waals surface area contributed by atoms with E-state index < -0.39 is 0 Å². The van der Waals surface area contributed by atoms with Crippen LogP contribution in [0.3, 0.4) is 0 Å². The number of furan rings is 1. The van der Waals surface area contributed by atoms with Gasteiger partial charge in [0.25, 0.3) is 5.91 Å². The molecular weight excluding hydrogens is 292 g/mol. The number of benzene rings is 1. The number of hydrogen-bond acceptors (Lipinski definition) is 4. The van der Waals surface area contributed by atoms with Crippen LogP contribution < -0.4 is 10.2 Å². The zero-order chi connectivity index (χ0) is 14.9. The predicted octanol–water partition coefficient (Wildman–Crippen LogP) is 3.13. The molecular formula is C15H13ClN2O3. The highest BCUT2D eigenvalue weighted by Crippen LogP contribution is 2.15. The number of carbonyl (C=O) groups excluding carboxylic acids is 1. The molecule has 1 amide bonds. The number of hydrogen-bond donors (Lipinski definition) is 1. The Kier molecular flexibility index (Phi) is 5.60. The van der Waals surface area contributed by atoms with E-state index in [1.54, 1.807) is 48.7 Å². The summed E-state index contributed by atoms with van der Waals surface area (Å²) in [6.45, 7) is -0.124. The van der Waals surface area contributed by atoms with Crippen molar-refractivity contribution in [3.63, 3.8) is 0 Å². The second kappa shape index (κ2) is 7.91. The maximum absolute atomic E-state index is 11.5.